The van der Waals surface area contributed by atoms with E-state index in [1.54, 1.807) is 0 Å². The summed E-state index contributed by atoms with van der Waals surface area (Å²) in [7, 11) is -3.13. The second-order valence-corrected chi connectivity index (χ2v) is 0.848. The number of hydrogen-bond acceptors (Lipinski definition) is 1. The summed E-state index contributed by atoms with van der Waals surface area (Å²) in [4.78, 5) is 14.3. The van der Waals surface area contributed by atoms with Gasteiger partial charge in [-0.05, 0) is 0 Å². The molecule has 0 amide bonds. The van der Waals surface area contributed by atoms with Crippen LogP contribution in [0.1, 0.15) is 0 Å². The van der Waals surface area contributed by atoms with Gasteiger partial charge in [-0.15, -0.1) is 0 Å². The third kappa shape index (κ3) is 50.5. The topological polar surface area (TPSA) is 57.5 Å². The molecule has 0 radical (unpaired) electrons. The molecule has 0 aliphatic carbocycles. The zero-order valence-electron chi connectivity index (χ0n) is 1.80. The summed E-state index contributed by atoms with van der Waals surface area (Å²) in [5, 5.41) is 0. The van der Waals surface area contributed by atoms with Crippen molar-refractivity contribution in [2.45, 2.75) is 0 Å². The Kier molecular flexibility index (Phi) is 51.3. The molecule has 0 bridgehead atoms. The first kappa shape index (κ1) is 22.5. The second kappa shape index (κ2) is 16.0. The molecular weight excluding hydrogens is 231 g/mol. The molecule has 7 heavy (non-hydrogen) atoms. The van der Waals surface area contributed by atoms with E-state index in [4.69, 9.17) is 14.1 Å². The Bertz CT molecular complexity index is 37.9. The van der Waals surface area contributed by atoms with Gasteiger partial charge in [0.2, 0.25) is 0 Å². The van der Waals surface area contributed by atoms with Gasteiger partial charge in [0.1, 0.15) is 0 Å². The van der Waals surface area contributed by atoms with Crippen LogP contribution >= 0.6 is 0 Å². The van der Waals surface area contributed by atoms with E-state index in [0.29, 0.717) is 0 Å². The number of hydrogen-bond donors (Lipinski definition) is 2. The van der Waals surface area contributed by atoms with Crippen molar-refractivity contribution < 1.29 is 14.1 Å². The van der Waals surface area contributed by atoms with E-state index >= 15 is 0 Å². The number of rotatable bonds is 0. The van der Waals surface area contributed by atoms with E-state index in [-0.39, 0.29) is 101 Å². The average molecular weight is 240 g/mol. The van der Waals surface area contributed by atoms with E-state index in [2.05, 4.69) is 0 Å². The standard InChI is InChI=1S/Al.Ca.H2O3Si.Sr.7H/c;;1-4(2)3;;;;;;;;/h;;1-2H;;;;;;;;. The molecule has 2 N–H and O–H groups in total. The van der Waals surface area contributed by atoms with Crippen LogP contribution in [0.15, 0.2) is 0 Å². The molecular formula is H9AlCaO3SiSr. The summed E-state index contributed by atoms with van der Waals surface area (Å²) < 4.78 is 8.74. The summed E-state index contributed by atoms with van der Waals surface area (Å²) in [6.07, 6.45) is 0. The van der Waals surface area contributed by atoms with Crippen LogP contribution in [0.5, 0.6) is 0 Å². The molecule has 0 unspecified atom stereocenters. The minimum absolute atomic E-state index is 0. The summed E-state index contributed by atoms with van der Waals surface area (Å²) in [6, 6.07) is 0. The van der Waals surface area contributed by atoms with Crippen LogP contribution in [0.25, 0.3) is 0 Å². The molecule has 7 heteroatoms. The van der Waals surface area contributed by atoms with Gasteiger partial charge in [0.05, 0.1) is 0 Å². The fraction of sp³-hybridized carbons (Fsp3) is 0. The monoisotopic (exact) mass is 240 g/mol. The van der Waals surface area contributed by atoms with Crippen molar-refractivity contribution in [1.82, 2.24) is 0 Å². The predicted octanol–water partition coefficient (Wildman–Crippen LogP) is -4.63. The van der Waals surface area contributed by atoms with Gasteiger partial charge in [-0.3, -0.25) is 4.46 Å². The molecule has 0 rings (SSSR count). The van der Waals surface area contributed by atoms with Crippen molar-refractivity contribution in [2.75, 3.05) is 0 Å². The van der Waals surface area contributed by atoms with E-state index in [1.807, 2.05) is 0 Å². The molecule has 0 atom stereocenters. The van der Waals surface area contributed by atoms with Crippen molar-refractivity contribution in [3.8, 4) is 0 Å². The van der Waals surface area contributed by atoms with Crippen LogP contribution < -0.4 is 0 Å². The SMILES string of the molecule is O=[Si](O)O.[AlH3].[CaH2].[SrH2]. The van der Waals surface area contributed by atoms with Crippen LogP contribution in [0.2, 0.25) is 0 Å². The van der Waals surface area contributed by atoms with Crippen LogP contribution in [0.3, 0.4) is 0 Å². The summed E-state index contributed by atoms with van der Waals surface area (Å²) in [5.41, 5.74) is 0. The first-order valence-electron chi connectivity index (χ1n) is 0.651. The minimum atomic E-state index is -3.13. The molecule has 0 aromatic carbocycles. The molecule has 0 fully saturated rings. The zero-order valence-corrected chi connectivity index (χ0v) is 2.80. The van der Waals surface area contributed by atoms with Gasteiger partial charge < -0.3 is 9.59 Å². The van der Waals surface area contributed by atoms with Crippen molar-refractivity contribution >= 4 is 110 Å². The molecule has 0 heterocycles. The molecule has 0 aromatic heterocycles. The summed E-state index contributed by atoms with van der Waals surface area (Å²) >= 11 is 0. The third-order valence-corrected chi connectivity index (χ3v) is 0. The average Bonchev–Trinajstić information content (AvgIpc) is 0.811. The van der Waals surface area contributed by atoms with Gasteiger partial charge in [0, 0.05) is 0 Å². The molecule has 0 spiro atoms. The molecule has 0 saturated heterocycles. The fourth-order valence-corrected chi connectivity index (χ4v) is 0. The van der Waals surface area contributed by atoms with Gasteiger partial charge in [-0.1, -0.05) is 0 Å². The Morgan fingerprint density at radius 1 is 1.29 bits per heavy atom. The van der Waals surface area contributed by atoms with Crippen molar-refractivity contribution in [3.05, 3.63) is 0 Å². The Labute approximate surface area is 121 Å². The summed E-state index contributed by atoms with van der Waals surface area (Å²) in [6.45, 7) is 0. The van der Waals surface area contributed by atoms with Crippen LogP contribution in [-0.2, 0) is 4.46 Å². The van der Waals surface area contributed by atoms with Crippen LogP contribution in [-0.4, -0.2) is 119 Å². The van der Waals surface area contributed by atoms with E-state index in [0.717, 1.165) is 0 Å². The molecule has 0 aliphatic rings. The summed E-state index contributed by atoms with van der Waals surface area (Å²) in [5.74, 6) is 0. The third-order valence-electron chi connectivity index (χ3n) is 0. The second-order valence-electron chi connectivity index (χ2n) is 0.283. The first-order chi connectivity index (χ1) is 1.73. The molecule has 0 saturated carbocycles. The molecule has 3 nitrogen and oxygen atoms in total. The van der Waals surface area contributed by atoms with Gasteiger partial charge in [0.25, 0.3) is 0 Å². The van der Waals surface area contributed by atoms with Crippen LogP contribution in [0, 0.1) is 0 Å². The Hall–Kier alpha value is 2.89. The van der Waals surface area contributed by atoms with Crippen molar-refractivity contribution in [1.29, 1.82) is 0 Å². The van der Waals surface area contributed by atoms with Gasteiger partial charge in [0.15, 0.2) is 17.4 Å². The Balaban J connectivity index is -0.0000000150. The van der Waals surface area contributed by atoms with Gasteiger partial charge >= 0.3 is 92.4 Å². The van der Waals surface area contributed by atoms with Gasteiger partial charge in [-0.25, -0.2) is 0 Å². The van der Waals surface area contributed by atoms with Crippen molar-refractivity contribution in [2.24, 2.45) is 0 Å². The maximum atomic E-state index is 8.74. The fourth-order valence-electron chi connectivity index (χ4n) is 0. The van der Waals surface area contributed by atoms with E-state index in [9.17, 15) is 0 Å². The first-order valence-corrected chi connectivity index (χ1v) is 1.95. The Morgan fingerprint density at radius 2 is 1.29 bits per heavy atom. The van der Waals surface area contributed by atoms with E-state index in [1.165, 1.54) is 0 Å². The van der Waals surface area contributed by atoms with E-state index < -0.39 is 9.17 Å². The van der Waals surface area contributed by atoms with Crippen molar-refractivity contribution in [3.63, 3.8) is 0 Å². The molecule has 0 aliphatic heterocycles. The zero-order chi connectivity index (χ0) is 3.58. The maximum absolute atomic E-state index is 8.74. The van der Waals surface area contributed by atoms with Gasteiger partial charge in [-0.2, -0.15) is 0 Å². The molecule has 0 aromatic rings. The normalized spacial score (nSPS) is 3.43. The Morgan fingerprint density at radius 3 is 1.29 bits per heavy atom. The predicted molar refractivity (Wildman–Crippen MR) is 37.9 cm³/mol. The van der Waals surface area contributed by atoms with Crippen LogP contribution in [0.4, 0.5) is 0 Å². The quantitative estimate of drug-likeness (QED) is 0.419. The molecule has 38 valence electrons.